The zero-order chi connectivity index (χ0) is 17.2. The molecule has 25 heavy (non-hydrogen) atoms. The Labute approximate surface area is 144 Å². The maximum absolute atomic E-state index is 12.3. The number of carbonyl (C=O) groups is 1. The molecule has 3 aromatic rings. The van der Waals surface area contributed by atoms with E-state index < -0.39 is 0 Å². The Morgan fingerprint density at radius 1 is 1.28 bits per heavy atom. The van der Waals surface area contributed by atoms with Crippen molar-refractivity contribution in [3.8, 4) is 17.3 Å². The second-order valence-corrected chi connectivity index (χ2v) is 6.20. The summed E-state index contributed by atoms with van der Waals surface area (Å²) in [6.45, 7) is 1.62. The Morgan fingerprint density at radius 3 is 3.00 bits per heavy atom. The number of benzene rings is 2. The van der Waals surface area contributed by atoms with Gasteiger partial charge in [0.1, 0.15) is 5.69 Å². The fourth-order valence-corrected chi connectivity index (χ4v) is 3.17. The summed E-state index contributed by atoms with van der Waals surface area (Å²) in [5.41, 5.74) is 3.87. The Hall–Kier alpha value is -3.17. The summed E-state index contributed by atoms with van der Waals surface area (Å²) in [6, 6.07) is 15.2. The van der Waals surface area contributed by atoms with E-state index in [0.29, 0.717) is 5.56 Å². The smallest absolute Gasteiger partial charge is 0.228 e. The molecule has 1 aliphatic heterocycles. The lowest BCUT2D eigenvalue weighted by atomic mass is 10.0. The summed E-state index contributed by atoms with van der Waals surface area (Å²) in [4.78, 5) is 12.3. The number of aromatic nitrogens is 2. The average molecular weight is 331 g/mol. The molecule has 0 radical (unpaired) electrons. The molecule has 0 bridgehead atoms. The number of carbonyl (C=O) groups excluding carboxylic acids is 1. The zero-order valence-corrected chi connectivity index (χ0v) is 13.5. The normalized spacial score (nSPS) is 16.7. The Morgan fingerprint density at radius 2 is 2.20 bits per heavy atom. The summed E-state index contributed by atoms with van der Waals surface area (Å²) in [5.74, 6) is 0.0627. The van der Waals surface area contributed by atoms with Crippen LogP contribution in [0.2, 0.25) is 0 Å². The first-order chi connectivity index (χ1) is 12.2. The maximum Gasteiger partial charge on any atom is 0.228 e. The Bertz CT molecular complexity index is 979. The largest absolute Gasteiger partial charge is 0.326 e. The quantitative estimate of drug-likeness (QED) is 0.688. The van der Waals surface area contributed by atoms with Gasteiger partial charge in [-0.25, -0.2) is 0 Å². The SMILES string of the molecule is N#Cc1cccc(-c2n[nH]c3ccc(NC(=O)C4CCNC4)cc23)c1. The van der Waals surface area contributed by atoms with Crippen LogP contribution < -0.4 is 10.6 Å². The first kappa shape index (κ1) is 15.4. The van der Waals surface area contributed by atoms with Crippen molar-refractivity contribution in [3.05, 3.63) is 48.0 Å². The molecule has 6 nitrogen and oxygen atoms in total. The number of nitriles is 1. The van der Waals surface area contributed by atoms with Gasteiger partial charge in [-0.3, -0.25) is 9.89 Å². The van der Waals surface area contributed by atoms with Crippen molar-refractivity contribution in [1.82, 2.24) is 15.5 Å². The number of aromatic amines is 1. The summed E-state index contributed by atoms with van der Waals surface area (Å²) in [7, 11) is 0. The van der Waals surface area contributed by atoms with E-state index in [9.17, 15) is 4.79 Å². The molecule has 1 unspecified atom stereocenters. The maximum atomic E-state index is 12.3. The highest BCUT2D eigenvalue weighted by Gasteiger charge is 2.22. The number of H-pyrrole nitrogens is 1. The van der Waals surface area contributed by atoms with Crippen LogP contribution in [0.5, 0.6) is 0 Å². The predicted octanol–water partition coefficient (Wildman–Crippen LogP) is 2.65. The van der Waals surface area contributed by atoms with Gasteiger partial charge in [-0.05, 0) is 43.3 Å². The molecular formula is C19H17N5O. The van der Waals surface area contributed by atoms with Crippen molar-refractivity contribution in [2.24, 2.45) is 5.92 Å². The first-order valence-electron chi connectivity index (χ1n) is 8.25. The number of anilines is 1. The summed E-state index contributed by atoms with van der Waals surface area (Å²) < 4.78 is 0. The van der Waals surface area contributed by atoms with E-state index in [4.69, 9.17) is 5.26 Å². The second-order valence-electron chi connectivity index (χ2n) is 6.20. The van der Waals surface area contributed by atoms with E-state index in [1.807, 2.05) is 36.4 Å². The van der Waals surface area contributed by atoms with Crippen LogP contribution in [-0.4, -0.2) is 29.2 Å². The van der Waals surface area contributed by atoms with Crippen molar-refractivity contribution in [3.63, 3.8) is 0 Å². The number of fused-ring (bicyclic) bond motifs is 1. The third-order valence-electron chi connectivity index (χ3n) is 4.53. The second kappa shape index (κ2) is 6.38. The van der Waals surface area contributed by atoms with Gasteiger partial charge in [-0.2, -0.15) is 10.4 Å². The van der Waals surface area contributed by atoms with E-state index >= 15 is 0 Å². The van der Waals surface area contributed by atoms with Crippen LogP contribution in [0, 0.1) is 17.2 Å². The minimum absolute atomic E-state index is 0.0202. The van der Waals surface area contributed by atoms with E-state index in [1.165, 1.54) is 0 Å². The molecule has 1 fully saturated rings. The molecule has 4 rings (SSSR count). The van der Waals surface area contributed by atoms with E-state index in [2.05, 4.69) is 26.9 Å². The van der Waals surface area contributed by atoms with Crippen LogP contribution in [0.15, 0.2) is 42.5 Å². The van der Waals surface area contributed by atoms with E-state index in [1.54, 1.807) is 6.07 Å². The number of amides is 1. The molecular weight excluding hydrogens is 314 g/mol. The molecule has 0 saturated carbocycles. The molecule has 0 aliphatic carbocycles. The third kappa shape index (κ3) is 2.97. The van der Waals surface area contributed by atoms with Crippen molar-refractivity contribution in [1.29, 1.82) is 5.26 Å². The van der Waals surface area contributed by atoms with Crippen LogP contribution >= 0.6 is 0 Å². The Kier molecular flexibility index (Phi) is 3.92. The van der Waals surface area contributed by atoms with Crippen LogP contribution in [0.25, 0.3) is 22.2 Å². The van der Waals surface area contributed by atoms with E-state index in [-0.39, 0.29) is 11.8 Å². The average Bonchev–Trinajstić information content (AvgIpc) is 3.31. The fraction of sp³-hybridized carbons (Fsp3) is 0.211. The standard InChI is InChI=1S/C19H17N5O/c20-10-12-2-1-3-13(8-12)18-16-9-15(4-5-17(16)23-24-18)22-19(25)14-6-7-21-11-14/h1-5,8-9,14,21H,6-7,11H2,(H,22,25)(H,23,24). The van der Waals surface area contributed by atoms with Crippen molar-refractivity contribution < 1.29 is 4.79 Å². The number of hydrogen-bond donors (Lipinski definition) is 3. The Balaban J connectivity index is 1.67. The highest BCUT2D eigenvalue weighted by atomic mass is 16.1. The van der Waals surface area contributed by atoms with Crippen molar-refractivity contribution in [2.75, 3.05) is 18.4 Å². The summed E-state index contributed by atoms with van der Waals surface area (Å²) >= 11 is 0. The molecule has 1 aliphatic rings. The lowest BCUT2D eigenvalue weighted by molar-refractivity contribution is -0.119. The van der Waals surface area contributed by atoms with Gasteiger partial charge in [-0.1, -0.05) is 12.1 Å². The summed E-state index contributed by atoms with van der Waals surface area (Å²) in [6.07, 6.45) is 0.867. The van der Waals surface area contributed by atoms with Gasteiger partial charge < -0.3 is 10.6 Å². The van der Waals surface area contributed by atoms with Gasteiger partial charge in [-0.15, -0.1) is 0 Å². The van der Waals surface area contributed by atoms with Gasteiger partial charge in [0.05, 0.1) is 23.1 Å². The molecule has 2 heterocycles. The van der Waals surface area contributed by atoms with Crippen LogP contribution in [0.4, 0.5) is 5.69 Å². The molecule has 3 N–H and O–H groups in total. The number of hydrogen-bond acceptors (Lipinski definition) is 4. The van der Waals surface area contributed by atoms with Crippen LogP contribution in [0.3, 0.4) is 0 Å². The predicted molar refractivity (Wildman–Crippen MR) is 95.9 cm³/mol. The molecule has 6 heteroatoms. The van der Waals surface area contributed by atoms with Crippen LogP contribution in [0.1, 0.15) is 12.0 Å². The van der Waals surface area contributed by atoms with Gasteiger partial charge in [0.25, 0.3) is 0 Å². The highest BCUT2D eigenvalue weighted by Crippen LogP contribution is 2.29. The molecule has 2 aromatic carbocycles. The van der Waals surface area contributed by atoms with Crippen LogP contribution in [-0.2, 0) is 4.79 Å². The number of nitrogens with zero attached hydrogens (tertiary/aromatic N) is 2. The molecule has 1 saturated heterocycles. The lowest BCUT2D eigenvalue weighted by Gasteiger charge is -2.10. The van der Waals surface area contributed by atoms with Gasteiger partial charge in [0.2, 0.25) is 5.91 Å². The molecule has 124 valence electrons. The molecule has 1 aromatic heterocycles. The third-order valence-corrected chi connectivity index (χ3v) is 4.53. The molecule has 0 spiro atoms. The van der Waals surface area contributed by atoms with Crippen molar-refractivity contribution in [2.45, 2.75) is 6.42 Å². The summed E-state index contributed by atoms with van der Waals surface area (Å²) in [5, 5.41) is 23.6. The molecule has 1 atom stereocenters. The first-order valence-corrected chi connectivity index (χ1v) is 8.25. The van der Waals surface area contributed by atoms with Gasteiger partial charge in [0.15, 0.2) is 0 Å². The van der Waals surface area contributed by atoms with E-state index in [0.717, 1.165) is 47.4 Å². The van der Waals surface area contributed by atoms with Gasteiger partial charge in [0, 0.05) is 23.2 Å². The highest BCUT2D eigenvalue weighted by molar-refractivity contribution is 5.99. The number of nitrogens with one attached hydrogen (secondary N) is 3. The van der Waals surface area contributed by atoms with Gasteiger partial charge >= 0.3 is 0 Å². The topological polar surface area (TPSA) is 93.6 Å². The fourth-order valence-electron chi connectivity index (χ4n) is 3.17. The molecule has 1 amide bonds. The van der Waals surface area contributed by atoms with Crippen molar-refractivity contribution >= 4 is 22.5 Å². The monoisotopic (exact) mass is 331 g/mol. The minimum Gasteiger partial charge on any atom is -0.326 e. The number of rotatable bonds is 3. The lowest BCUT2D eigenvalue weighted by Crippen LogP contribution is -2.24. The minimum atomic E-state index is 0.0202. The zero-order valence-electron chi connectivity index (χ0n) is 13.5.